The molecule has 0 saturated carbocycles. The minimum atomic E-state index is -3.98. The summed E-state index contributed by atoms with van der Waals surface area (Å²) in [5, 5.41) is 19.2. The Kier molecular flexibility index (Phi) is 8.51. The second kappa shape index (κ2) is 11.2. The number of fused-ring (bicyclic) bond motifs is 1. The first-order valence-electron chi connectivity index (χ1n) is 11.3. The fourth-order valence-corrected chi connectivity index (χ4v) is 5.60. The number of aliphatic hydroxyl groups excluding tert-OH is 2. The second-order valence-electron chi connectivity index (χ2n) is 8.77. The first-order chi connectivity index (χ1) is 16.5. The number of carbonyl (C=O) groups is 1. The zero-order chi connectivity index (χ0) is 25.8. The number of rotatable bonds is 5. The number of benzene rings is 1. The van der Waals surface area contributed by atoms with E-state index in [0.29, 0.717) is 11.1 Å². The molecule has 10 heteroatoms. The molecule has 0 radical (unpaired) electrons. The van der Waals surface area contributed by atoms with Gasteiger partial charge in [0.15, 0.2) is 0 Å². The maximum atomic E-state index is 13.5. The van der Waals surface area contributed by atoms with Gasteiger partial charge >= 0.3 is 0 Å². The van der Waals surface area contributed by atoms with Gasteiger partial charge in [-0.1, -0.05) is 18.8 Å². The van der Waals surface area contributed by atoms with Gasteiger partial charge in [0.25, 0.3) is 5.91 Å². The van der Waals surface area contributed by atoms with Crippen molar-refractivity contribution in [1.29, 1.82) is 0 Å². The van der Waals surface area contributed by atoms with E-state index in [4.69, 9.17) is 4.74 Å². The molecule has 1 aliphatic rings. The molecule has 0 fully saturated rings. The fourth-order valence-electron chi connectivity index (χ4n) is 3.78. The summed E-state index contributed by atoms with van der Waals surface area (Å²) in [4.78, 5) is 18.3. The van der Waals surface area contributed by atoms with Crippen LogP contribution in [0.3, 0.4) is 0 Å². The maximum Gasteiger partial charge on any atom is 0.253 e. The Morgan fingerprint density at radius 1 is 1.29 bits per heavy atom. The topological polar surface area (TPSA) is 120 Å². The summed E-state index contributed by atoms with van der Waals surface area (Å²) in [7, 11) is -2.32. The highest BCUT2D eigenvalue weighted by atomic mass is 32.2. The van der Waals surface area contributed by atoms with E-state index in [1.807, 2.05) is 6.92 Å². The van der Waals surface area contributed by atoms with Crippen LogP contribution >= 0.6 is 0 Å². The van der Waals surface area contributed by atoms with Crippen LogP contribution < -0.4 is 4.74 Å². The molecule has 2 N–H and O–H groups in total. The number of ether oxygens (including phenoxy) is 1. The van der Waals surface area contributed by atoms with E-state index in [2.05, 4.69) is 16.8 Å². The number of likely N-dealkylation sites (N-methyl/N-ethyl adjacent to an activating group) is 1. The van der Waals surface area contributed by atoms with Crippen LogP contribution in [-0.4, -0.2) is 83.7 Å². The number of sulfonamides is 1. The Bertz CT molecular complexity index is 1210. The lowest BCUT2D eigenvalue weighted by atomic mass is 10.0. The fraction of sp³-hybridized carbons (Fsp3) is 0.440. The average Bonchev–Trinajstić information content (AvgIpc) is 2.84. The molecule has 1 aliphatic heterocycles. The first kappa shape index (κ1) is 26.6. The number of carbonyl (C=O) groups excluding carboxylic acids is 1. The Balaban J connectivity index is 2.02. The molecule has 0 spiro atoms. The Morgan fingerprint density at radius 2 is 1.97 bits per heavy atom. The molecule has 0 unspecified atom stereocenters. The van der Waals surface area contributed by atoms with Crippen LogP contribution in [-0.2, 0) is 10.0 Å². The second-order valence-corrected chi connectivity index (χ2v) is 10.6. The van der Waals surface area contributed by atoms with Gasteiger partial charge in [0, 0.05) is 49.1 Å². The van der Waals surface area contributed by atoms with Crippen LogP contribution in [0.1, 0.15) is 36.7 Å². The summed E-state index contributed by atoms with van der Waals surface area (Å²) in [6.45, 7) is 4.99. The monoisotopic (exact) mass is 501 g/mol. The molecular formula is C25H31N3O6S. The zero-order valence-electron chi connectivity index (χ0n) is 20.2. The van der Waals surface area contributed by atoms with E-state index in [1.54, 1.807) is 44.6 Å². The third-order valence-corrected chi connectivity index (χ3v) is 7.84. The van der Waals surface area contributed by atoms with Gasteiger partial charge in [0.1, 0.15) is 22.9 Å². The molecule has 1 amide bonds. The van der Waals surface area contributed by atoms with Crippen molar-refractivity contribution in [3.63, 3.8) is 0 Å². The van der Waals surface area contributed by atoms with E-state index in [0.717, 1.165) is 0 Å². The quantitative estimate of drug-likeness (QED) is 0.594. The van der Waals surface area contributed by atoms with Gasteiger partial charge in [-0.05, 0) is 44.2 Å². The zero-order valence-corrected chi connectivity index (χ0v) is 21.1. The summed E-state index contributed by atoms with van der Waals surface area (Å²) in [5.74, 6) is 5.03. The SMILES string of the molecule is C[C@@H]1CN([C@H](C)CO)S(=O)(=O)c2ccc(C#C[C@@H](C)O)cc2O[C@H]1CN(C)C(=O)c1ccncc1. The van der Waals surface area contributed by atoms with Gasteiger partial charge in [-0.25, -0.2) is 8.42 Å². The minimum absolute atomic E-state index is 0.0413. The third-order valence-electron chi connectivity index (χ3n) is 5.82. The molecule has 188 valence electrons. The number of aromatic nitrogens is 1. The number of aliphatic hydroxyl groups is 2. The van der Waals surface area contributed by atoms with E-state index in [9.17, 15) is 23.4 Å². The van der Waals surface area contributed by atoms with E-state index in [-0.39, 0.29) is 42.2 Å². The van der Waals surface area contributed by atoms with Crippen molar-refractivity contribution in [2.24, 2.45) is 5.92 Å². The van der Waals surface area contributed by atoms with E-state index >= 15 is 0 Å². The van der Waals surface area contributed by atoms with Crippen molar-refractivity contribution in [3.05, 3.63) is 53.9 Å². The van der Waals surface area contributed by atoms with Crippen LogP contribution in [0.15, 0.2) is 47.6 Å². The molecule has 1 aromatic heterocycles. The molecule has 2 heterocycles. The van der Waals surface area contributed by atoms with Crippen LogP contribution in [0.2, 0.25) is 0 Å². The summed E-state index contributed by atoms with van der Waals surface area (Å²) < 4.78 is 34.5. The Hall–Kier alpha value is -2.97. The minimum Gasteiger partial charge on any atom is -0.487 e. The highest BCUT2D eigenvalue weighted by Crippen LogP contribution is 2.34. The Labute approximate surface area is 206 Å². The lowest BCUT2D eigenvalue weighted by Gasteiger charge is -2.37. The van der Waals surface area contributed by atoms with Crippen molar-refractivity contribution >= 4 is 15.9 Å². The summed E-state index contributed by atoms with van der Waals surface area (Å²) in [5.41, 5.74) is 0.963. The van der Waals surface area contributed by atoms with Crippen LogP contribution in [0.25, 0.3) is 0 Å². The van der Waals surface area contributed by atoms with Crippen molar-refractivity contribution < 1.29 is 28.2 Å². The van der Waals surface area contributed by atoms with Gasteiger partial charge in [-0.15, -0.1) is 0 Å². The molecule has 0 saturated heterocycles. The maximum absolute atomic E-state index is 13.5. The normalized spacial score (nSPS) is 21.2. The number of hydrogen-bond acceptors (Lipinski definition) is 7. The molecule has 9 nitrogen and oxygen atoms in total. The van der Waals surface area contributed by atoms with Gasteiger partial charge < -0.3 is 19.8 Å². The summed E-state index contributed by atoms with van der Waals surface area (Å²) in [6.07, 6.45) is 1.69. The average molecular weight is 502 g/mol. The van der Waals surface area contributed by atoms with Crippen molar-refractivity contribution in [2.45, 2.75) is 43.9 Å². The lowest BCUT2D eigenvalue weighted by molar-refractivity contribution is 0.0563. The molecule has 0 aliphatic carbocycles. The number of amides is 1. The summed E-state index contributed by atoms with van der Waals surface area (Å²) >= 11 is 0. The molecule has 35 heavy (non-hydrogen) atoms. The molecule has 0 bridgehead atoms. The van der Waals surface area contributed by atoms with Crippen molar-refractivity contribution in [1.82, 2.24) is 14.2 Å². The van der Waals surface area contributed by atoms with E-state index in [1.165, 1.54) is 28.3 Å². The number of pyridine rings is 1. The highest BCUT2D eigenvalue weighted by molar-refractivity contribution is 7.89. The van der Waals surface area contributed by atoms with Crippen LogP contribution in [0, 0.1) is 17.8 Å². The number of nitrogens with zero attached hydrogens (tertiary/aromatic N) is 3. The standard InChI is InChI=1S/C25H31N3O6S/c1-17-14-28(18(2)16-29)35(32,33)24-8-7-20(6-5-19(3)30)13-22(24)34-23(17)15-27(4)25(31)21-9-11-26-12-10-21/h7-13,17-19,23,29-30H,14-16H2,1-4H3/t17-,18-,19-,23+/m1/s1. The predicted octanol–water partition coefficient (Wildman–Crippen LogP) is 1.35. The highest BCUT2D eigenvalue weighted by Gasteiger charge is 2.38. The van der Waals surface area contributed by atoms with Gasteiger partial charge in [-0.3, -0.25) is 9.78 Å². The molecule has 3 rings (SSSR count). The number of hydrogen-bond donors (Lipinski definition) is 2. The third kappa shape index (κ3) is 6.18. The largest absolute Gasteiger partial charge is 0.487 e. The first-order valence-corrected chi connectivity index (χ1v) is 12.8. The molecule has 4 atom stereocenters. The molecule has 2 aromatic rings. The van der Waals surface area contributed by atoms with E-state index < -0.39 is 28.3 Å². The molecular weight excluding hydrogens is 470 g/mol. The van der Waals surface area contributed by atoms with Crippen molar-refractivity contribution in [2.75, 3.05) is 26.7 Å². The molecule has 1 aromatic carbocycles. The summed E-state index contributed by atoms with van der Waals surface area (Å²) in [6, 6.07) is 7.10. The van der Waals surface area contributed by atoms with Gasteiger partial charge in [0.2, 0.25) is 10.0 Å². The van der Waals surface area contributed by atoms with Gasteiger partial charge in [0.05, 0.1) is 13.2 Å². The lowest BCUT2D eigenvalue weighted by Crippen LogP contribution is -2.50. The smallest absolute Gasteiger partial charge is 0.253 e. The van der Waals surface area contributed by atoms with Crippen LogP contribution in [0.5, 0.6) is 5.75 Å². The predicted molar refractivity (Wildman–Crippen MR) is 130 cm³/mol. The van der Waals surface area contributed by atoms with Crippen molar-refractivity contribution in [3.8, 4) is 17.6 Å². The van der Waals surface area contributed by atoms with Crippen LogP contribution in [0.4, 0.5) is 0 Å². The van der Waals surface area contributed by atoms with Gasteiger partial charge in [-0.2, -0.15) is 4.31 Å². The Morgan fingerprint density at radius 3 is 2.60 bits per heavy atom.